The van der Waals surface area contributed by atoms with Crippen molar-refractivity contribution in [3.05, 3.63) is 47.5 Å². The standard InChI is InChI=1S/C19H26N2O2/c1-14-7-9-16(10-8-14)21(2)11-5-6-15-12-17(20)19(23-4)13-18(15)22-3/h7-10,12-13H,5-6,11,20H2,1-4H3. The van der Waals surface area contributed by atoms with Gasteiger partial charge in [-0.3, -0.25) is 0 Å². The summed E-state index contributed by atoms with van der Waals surface area (Å²) in [5.41, 5.74) is 10.3. The SMILES string of the molecule is COc1cc(OC)c(CCCN(C)c2ccc(C)cc2)cc1N. The van der Waals surface area contributed by atoms with Crippen LogP contribution in [0.25, 0.3) is 0 Å². The van der Waals surface area contributed by atoms with Gasteiger partial charge >= 0.3 is 0 Å². The fourth-order valence-electron chi connectivity index (χ4n) is 2.62. The van der Waals surface area contributed by atoms with E-state index in [4.69, 9.17) is 15.2 Å². The molecule has 2 N–H and O–H groups in total. The topological polar surface area (TPSA) is 47.7 Å². The number of nitrogens with two attached hydrogens (primary N) is 1. The van der Waals surface area contributed by atoms with Gasteiger partial charge in [0.25, 0.3) is 0 Å². The number of ether oxygens (including phenoxy) is 2. The molecule has 2 aromatic carbocycles. The Morgan fingerprint density at radius 2 is 1.65 bits per heavy atom. The van der Waals surface area contributed by atoms with E-state index in [0.29, 0.717) is 11.4 Å². The molecule has 0 spiro atoms. The number of anilines is 2. The Balaban J connectivity index is 1.98. The van der Waals surface area contributed by atoms with Crippen molar-refractivity contribution in [3.8, 4) is 11.5 Å². The molecule has 124 valence electrons. The fourth-order valence-corrected chi connectivity index (χ4v) is 2.62. The first kappa shape index (κ1) is 17.0. The summed E-state index contributed by atoms with van der Waals surface area (Å²) in [6, 6.07) is 12.4. The van der Waals surface area contributed by atoms with Gasteiger partial charge in [-0.1, -0.05) is 17.7 Å². The predicted molar refractivity (Wildman–Crippen MR) is 96.7 cm³/mol. The lowest BCUT2D eigenvalue weighted by atomic mass is 10.1. The molecule has 0 atom stereocenters. The normalized spacial score (nSPS) is 10.4. The van der Waals surface area contributed by atoms with E-state index in [2.05, 4.69) is 43.1 Å². The maximum absolute atomic E-state index is 6.00. The molecule has 4 nitrogen and oxygen atoms in total. The highest BCUT2D eigenvalue weighted by molar-refractivity contribution is 5.59. The first-order chi connectivity index (χ1) is 11.0. The maximum Gasteiger partial charge on any atom is 0.145 e. The zero-order valence-electron chi connectivity index (χ0n) is 14.4. The monoisotopic (exact) mass is 314 g/mol. The second-order valence-corrected chi connectivity index (χ2v) is 5.77. The molecule has 0 fully saturated rings. The summed E-state index contributed by atoms with van der Waals surface area (Å²) in [5.74, 6) is 1.48. The molecule has 0 aliphatic heterocycles. The van der Waals surface area contributed by atoms with E-state index in [1.807, 2.05) is 12.1 Å². The van der Waals surface area contributed by atoms with Gasteiger partial charge in [-0.15, -0.1) is 0 Å². The zero-order chi connectivity index (χ0) is 16.8. The molecule has 0 bridgehead atoms. The van der Waals surface area contributed by atoms with Crippen molar-refractivity contribution in [1.29, 1.82) is 0 Å². The molecule has 0 aliphatic rings. The number of methoxy groups -OCH3 is 2. The van der Waals surface area contributed by atoms with Crippen LogP contribution in [0.4, 0.5) is 11.4 Å². The third-order valence-electron chi connectivity index (χ3n) is 4.05. The lowest BCUT2D eigenvalue weighted by molar-refractivity contribution is 0.392. The molecule has 0 amide bonds. The molecule has 0 aromatic heterocycles. The number of nitrogens with zero attached hydrogens (tertiary/aromatic N) is 1. The molecular weight excluding hydrogens is 288 g/mol. The van der Waals surface area contributed by atoms with Crippen molar-refractivity contribution in [2.24, 2.45) is 0 Å². The summed E-state index contributed by atoms with van der Waals surface area (Å²) >= 11 is 0. The minimum Gasteiger partial charge on any atom is -0.496 e. The van der Waals surface area contributed by atoms with Crippen molar-refractivity contribution >= 4 is 11.4 Å². The maximum atomic E-state index is 6.00. The van der Waals surface area contributed by atoms with Crippen LogP contribution in [0.2, 0.25) is 0 Å². The zero-order valence-corrected chi connectivity index (χ0v) is 14.4. The lowest BCUT2D eigenvalue weighted by Crippen LogP contribution is -2.19. The Morgan fingerprint density at radius 3 is 2.26 bits per heavy atom. The average molecular weight is 314 g/mol. The number of aryl methyl sites for hydroxylation is 2. The second-order valence-electron chi connectivity index (χ2n) is 5.77. The number of rotatable bonds is 7. The van der Waals surface area contributed by atoms with Crippen LogP contribution in [-0.4, -0.2) is 27.8 Å². The van der Waals surface area contributed by atoms with Crippen LogP contribution in [-0.2, 0) is 6.42 Å². The van der Waals surface area contributed by atoms with Crippen molar-refractivity contribution in [2.45, 2.75) is 19.8 Å². The molecule has 4 heteroatoms. The second kappa shape index (κ2) is 7.77. The van der Waals surface area contributed by atoms with E-state index in [-0.39, 0.29) is 0 Å². The van der Waals surface area contributed by atoms with Gasteiger partial charge < -0.3 is 20.1 Å². The highest BCUT2D eigenvalue weighted by Gasteiger charge is 2.09. The van der Waals surface area contributed by atoms with Gasteiger partial charge in [-0.2, -0.15) is 0 Å². The van der Waals surface area contributed by atoms with E-state index in [9.17, 15) is 0 Å². The molecule has 2 rings (SSSR count). The molecule has 0 saturated heterocycles. The van der Waals surface area contributed by atoms with Crippen LogP contribution in [0.3, 0.4) is 0 Å². The third kappa shape index (κ3) is 4.31. The van der Waals surface area contributed by atoms with Gasteiger partial charge in [0.05, 0.1) is 19.9 Å². The molecule has 0 radical (unpaired) electrons. The number of benzene rings is 2. The van der Waals surface area contributed by atoms with Crippen LogP contribution in [0.5, 0.6) is 11.5 Å². The van der Waals surface area contributed by atoms with E-state index < -0.39 is 0 Å². The molecule has 0 saturated carbocycles. The highest BCUT2D eigenvalue weighted by atomic mass is 16.5. The minimum atomic E-state index is 0.648. The molecule has 2 aromatic rings. The number of hydrogen-bond donors (Lipinski definition) is 1. The third-order valence-corrected chi connectivity index (χ3v) is 4.05. The average Bonchev–Trinajstić information content (AvgIpc) is 2.55. The quantitative estimate of drug-likeness (QED) is 0.792. The van der Waals surface area contributed by atoms with Crippen molar-refractivity contribution < 1.29 is 9.47 Å². The summed E-state index contributed by atoms with van der Waals surface area (Å²) in [7, 11) is 5.40. The van der Waals surface area contributed by atoms with Gasteiger partial charge in [0.1, 0.15) is 11.5 Å². The van der Waals surface area contributed by atoms with E-state index in [1.165, 1.54) is 11.3 Å². The van der Waals surface area contributed by atoms with Gasteiger partial charge in [-0.05, 0) is 43.5 Å². The lowest BCUT2D eigenvalue weighted by Gasteiger charge is -2.20. The summed E-state index contributed by atoms with van der Waals surface area (Å²) in [4.78, 5) is 2.26. The minimum absolute atomic E-state index is 0.648. The molecule has 23 heavy (non-hydrogen) atoms. The smallest absolute Gasteiger partial charge is 0.145 e. The molecule has 0 heterocycles. The predicted octanol–water partition coefficient (Wildman–Crippen LogP) is 3.66. The molecule has 0 aliphatic carbocycles. The van der Waals surface area contributed by atoms with E-state index in [1.54, 1.807) is 14.2 Å². The first-order valence-electron chi connectivity index (χ1n) is 7.83. The van der Waals surface area contributed by atoms with E-state index in [0.717, 1.165) is 30.7 Å². The van der Waals surface area contributed by atoms with Crippen molar-refractivity contribution in [2.75, 3.05) is 38.4 Å². The van der Waals surface area contributed by atoms with Crippen LogP contribution in [0.1, 0.15) is 17.5 Å². The Bertz CT molecular complexity index is 639. The Morgan fingerprint density at radius 1 is 1.00 bits per heavy atom. The Labute approximate surface area is 138 Å². The van der Waals surface area contributed by atoms with Crippen LogP contribution in [0, 0.1) is 6.92 Å². The Hall–Kier alpha value is -2.36. The largest absolute Gasteiger partial charge is 0.496 e. The van der Waals surface area contributed by atoms with Gasteiger partial charge in [-0.25, -0.2) is 0 Å². The summed E-state index contributed by atoms with van der Waals surface area (Å²) in [6.07, 6.45) is 1.93. The van der Waals surface area contributed by atoms with Crippen molar-refractivity contribution in [1.82, 2.24) is 0 Å². The summed E-state index contributed by atoms with van der Waals surface area (Å²) < 4.78 is 10.7. The number of hydrogen-bond acceptors (Lipinski definition) is 4. The van der Waals surface area contributed by atoms with Crippen LogP contribution < -0.4 is 20.1 Å². The van der Waals surface area contributed by atoms with Crippen molar-refractivity contribution in [3.63, 3.8) is 0 Å². The summed E-state index contributed by atoms with van der Waals surface area (Å²) in [6.45, 7) is 3.07. The summed E-state index contributed by atoms with van der Waals surface area (Å²) in [5, 5.41) is 0. The Kier molecular flexibility index (Phi) is 5.74. The highest BCUT2D eigenvalue weighted by Crippen LogP contribution is 2.31. The fraction of sp³-hybridized carbons (Fsp3) is 0.368. The van der Waals surface area contributed by atoms with Gasteiger partial charge in [0.15, 0.2) is 0 Å². The molecule has 0 unspecified atom stereocenters. The van der Waals surface area contributed by atoms with E-state index >= 15 is 0 Å². The van der Waals surface area contributed by atoms with Crippen LogP contribution >= 0.6 is 0 Å². The van der Waals surface area contributed by atoms with Gasteiger partial charge in [0, 0.05) is 25.3 Å². The molecular formula is C19H26N2O2. The van der Waals surface area contributed by atoms with Crippen LogP contribution in [0.15, 0.2) is 36.4 Å². The number of nitrogen functional groups attached to an aromatic ring is 1. The first-order valence-corrected chi connectivity index (χ1v) is 7.83. The van der Waals surface area contributed by atoms with Gasteiger partial charge in [0.2, 0.25) is 0 Å².